The van der Waals surface area contributed by atoms with Gasteiger partial charge in [-0.15, -0.1) is 0 Å². The summed E-state index contributed by atoms with van der Waals surface area (Å²) in [6.45, 7) is 10.7. The molecule has 0 aliphatic heterocycles. The quantitative estimate of drug-likeness (QED) is 0.677. The van der Waals surface area contributed by atoms with Crippen molar-refractivity contribution in [2.75, 3.05) is 0 Å². The van der Waals surface area contributed by atoms with Crippen molar-refractivity contribution in [3.05, 3.63) is 58.0 Å². The molecule has 0 aliphatic rings. The van der Waals surface area contributed by atoms with Crippen molar-refractivity contribution in [1.29, 1.82) is 0 Å². The highest BCUT2D eigenvalue weighted by atomic mass is 14.0. The molecular formula is C17H22. The molecule has 0 spiro atoms. The third-order valence-electron chi connectivity index (χ3n) is 3.15. The molecule has 0 N–H and O–H groups in total. The molecule has 90 valence electrons. The van der Waals surface area contributed by atoms with Crippen LogP contribution in [0, 0.1) is 6.92 Å². The number of rotatable bonds is 2. The molecule has 0 saturated heterocycles. The fourth-order valence-corrected chi connectivity index (χ4v) is 1.97. The van der Waals surface area contributed by atoms with E-state index in [1.165, 1.54) is 27.1 Å². The van der Waals surface area contributed by atoms with Crippen LogP contribution in [-0.2, 0) is 0 Å². The van der Waals surface area contributed by atoms with E-state index in [-0.39, 0.29) is 0 Å². The van der Waals surface area contributed by atoms with Crippen LogP contribution < -0.4 is 10.4 Å². The molecule has 0 unspecified atom stereocenters. The number of aryl methyl sites for hydroxylation is 1. The van der Waals surface area contributed by atoms with Crippen molar-refractivity contribution in [2.24, 2.45) is 0 Å². The Morgan fingerprint density at radius 2 is 1.82 bits per heavy atom. The Balaban J connectivity index is 3.56. The Hall–Kier alpha value is -1.56. The van der Waals surface area contributed by atoms with Gasteiger partial charge < -0.3 is 0 Å². The van der Waals surface area contributed by atoms with E-state index in [2.05, 4.69) is 70.2 Å². The lowest BCUT2D eigenvalue weighted by atomic mass is 10.0. The van der Waals surface area contributed by atoms with E-state index in [1.54, 1.807) is 0 Å². The standard InChI is InChI=1S/C17H22/c1-6-8-10-13(3)15(5)17-12-9-11-14(4)16(17)7-2/h6-12H,1-5H3. The van der Waals surface area contributed by atoms with Crippen molar-refractivity contribution >= 4 is 11.6 Å². The normalized spacial score (nSPS) is 15.6. The molecule has 0 heteroatoms. The third-order valence-corrected chi connectivity index (χ3v) is 3.15. The first kappa shape index (κ1) is 13.5. The minimum atomic E-state index is 1.32. The molecule has 0 fully saturated rings. The first-order chi connectivity index (χ1) is 8.11. The van der Waals surface area contributed by atoms with Crippen molar-refractivity contribution in [1.82, 2.24) is 0 Å². The molecule has 0 bridgehead atoms. The summed E-state index contributed by atoms with van der Waals surface area (Å²) in [4.78, 5) is 0. The maximum absolute atomic E-state index is 2.20. The van der Waals surface area contributed by atoms with Gasteiger partial charge in [0, 0.05) is 0 Å². The lowest BCUT2D eigenvalue weighted by Crippen LogP contribution is -2.28. The summed E-state index contributed by atoms with van der Waals surface area (Å²) in [6, 6.07) is 6.49. The van der Waals surface area contributed by atoms with Crippen LogP contribution >= 0.6 is 0 Å². The van der Waals surface area contributed by atoms with E-state index in [1.807, 2.05) is 6.92 Å². The van der Waals surface area contributed by atoms with E-state index < -0.39 is 0 Å². The van der Waals surface area contributed by atoms with Gasteiger partial charge in [0.2, 0.25) is 0 Å². The third kappa shape index (κ3) is 3.20. The number of hydrogen-bond acceptors (Lipinski definition) is 0. The zero-order chi connectivity index (χ0) is 12.8. The van der Waals surface area contributed by atoms with E-state index in [4.69, 9.17) is 0 Å². The van der Waals surface area contributed by atoms with Crippen LogP contribution in [0.1, 0.15) is 33.3 Å². The minimum absolute atomic E-state index is 1.32. The predicted octanol–water partition coefficient (Wildman–Crippen LogP) is 3.49. The number of hydrogen-bond donors (Lipinski definition) is 0. The topological polar surface area (TPSA) is 0 Å². The zero-order valence-corrected chi connectivity index (χ0v) is 11.5. The lowest BCUT2D eigenvalue weighted by Gasteiger charge is -2.03. The summed E-state index contributed by atoms with van der Waals surface area (Å²) >= 11 is 0. The summed E-state index contributed by atoms with van der Waals surface area (Å²) in [5, 5.41) is 2.68. The zero-order valence-electron chi connectivity index (χ0n) is 11.5. The average molecular weight is 226 g/mol. The van der Waals surface area contributed by atoms with Crippen LogP contribution in [0.3, 0.4) is 0 Å². The SMILES string of the molecule is CC=CC=C(C)C(C)=c1cccc(C)c1=CC. The molecule has 0 saturated carbocycles. The monoisotopic (exact) mass is 226 g/mol. The van der Waals surface area contributed by atoms with Gasteiger partial charge in [-0.1, -0.05) is 42.5 Å². The molecule has 0 amide bonds. The fourth-order valence-electron chi connectivity index (χ4n) is 1.97. The first-order valence-electron chi connectivity index (χ1n) is 6.14. The average Bonchev–Trinajstić information content (AvgIpc) is 2.34. The highest BCUT2D eigenvalue weighted by Gasteiger charge is 1.96. The molecule has 0 nitrogen and oxygen atoms in total. The van der Waals surface area contributed by atoms with Crippen LogP contribution in [0.4, 0.5) is 0 Å². The van der Waals surface area contributed by atoms with Crippen LogP contribution in [0.2, 0.25) is 0 Å². The molecule has 0 atom stereocenters. The lowest BCUT2D eigenvalue weighted by molar-refractivity contribution is 1.33. The summed E-state index contributed by atoms with van der Waals surface area (Å²) in [5.41, 5.74) is 4.00. The largest absolute Gasteiger partial charge is 0.0877 e. The summed E-state index contributed by atoms with van der Waals surface area (Å²) in [5.74, 6) is 0. The summed E-state index contributed by atoms with van der Waals surface area (Å²) in [6.07, 6.45) is 8.50. The van der Waals surface area contributed by atoms with Crippen molar-refractivity contribution in [3.8, 4) is 0 Å². The van der Waals surface area contributed by atoms with Gasteiger partial charge in [0.15, 0.2) is 0 Å². The Bertz CT molecular complexity index is 554. The van der Waals surface area contributed by atoms with Gasteiger partial charge in [-0.3, -0.25) is 0 Å². The van der Waals surface area contributed by atoms with E-state index in [0.717, 1.165) is 0 Å². The van der Waals surface area contributed by atoms with Crippen LogP contribution in [0.25, 0.3) is 11.6 Å². The van der Waals surface area contributed by atoms with Gasteiger partial charge in [0.05, 0.1) is 0 Å². The maximum Gasteiger partial charge on any atom is -0.0153 e. The van der Waals surface area contributed by atoms with Gasteiger partial charge >= 0.3 is 0 Å². The smallest absolute Gasteiger partial charge is 0.0153 e. The second-order valence-electron chi connectivity index (χ2n) is 4.33. The van der Waals surface area contributed by atoms with Crippen molar-refractivity contribution < 1.29 is 0 Å². The van der Waals surface area contributed by atoms with Gasteiger partial charge in [-0.25, -0.2) is 0 Å². The first-order valence-corrected chi connectivity index (χ1v) is 6.14. The van der Waals surface area contributed by atoms with Gasteiger partial charge in [-0.2, -0.15) is 0 Å². The molecule has 1 aromatic rings. The van der Waals surface area contributed by atoms with Crippen LogP contribution in [0.15, 0.2) is 42.0 Å². The summed E-state index contributed by atoms with van der Waals surface area (Å²) < 4.78 is 0. The summed E-state index contributed by atoms with van der Waals surface area (Å²) in [7, 11) is 0. The Morgan fingerprint density at radius 3 is 2.41 bits per heavy atom. The second-order valence-corrected chi connectivity index (χ2v) is 4.33. The van der Waals surface area contributed by atoms with Crippen molar-refractivity contribution in [3.63, 3.8) is 0 Å². The molecule has 1 aromatic carbocycles. The molecule has 0 aliphatic carbocycles. The van der Waals surface area contributed by atoms with Gasteiger partial charge in [0.1, 0.15) is 0 Å². The Kier molecular flexibility index (Phi) is 4.96. The molecule has 0 heterocycles. The highest BCUT2D eigenvalue weighted by molar-refractivity contribution is 5.62. The van der Waals surface area contributed by atoms with Crippen molar-refractivity contribution in [2.45, 2.75) is 34.6 Å². The fraction of sp³-hybridized carbons (Fsp3) is 0.294. The van der Waals surface area contributed by atoms with Crippen LogP contribution in [-0.4, -0.2) is 0 Å². The molecule has 17 heavy (non-hydrogen) atoms. The second kappa shape index (κ2) is 6.24. The molecule has 1 rings (SSSR count). The molecule has 0 radical (unpaired) electrons. The maximum atomic E-state index is 2.20. The number of allylic oxidation sites excluding steroid dienone is 4. The number of benzene rings is 1. The molecular weight excluding hydrogens is 204 g/mol. The minimum Gasteiger partial charge on any atom is -0.0877 e. The van der Waals surface area contributed by atoms with E-state index >= 15 is 0 Å². The predicted molar refractivity (Wildman–Crippen MR) is 78.2 cm³/mol. The van der Waals surface area contributed by atoms with Gasteiger partial charge in [0.25, 0.3) is 0 Å². The van der Waals surface area contributed by atoms with E-state index in [0.29, 0.717) is 0 Å². The van der Waals surface area contributed by atoms with E-state index in [9.17, 15) is 0 Å². The Labute approximate surface area is 105 Å². The van der Waals surface area contributed by atoms with Crippen LogP contribution in [0.5, 0.6) is 0 Å². The van der Waals surface area contributed by atoms with Gasteiger partial charge in [-0.05, 0) is 61.8 Å². The molecule has 0 aromatic heterocycles. The Morgan fingerprint density at radius 1 is 1.12 bits per heavy atom. The highest BCUT2D eigenvalue weighted by Crippen LogP contribution is 2.07.